The summed E-state index contributed by atoms with van der Waals surface area (Å²) in [6.07, 6.45) is 11.8. The fourth-order valence-electron chi connectivity index (χ4n) is 9.32. The average Bonchev–Trinajstić information content (AvgIpc) is 2.60. The lowest BCUT2D eigenvalue weighted by Crippen LogP contribution is -2.90. The zero-order valence-corrected chi connectivity index (χ0v) is 27.2. The van der Waals surface area contributed by atoms with Crippen molar-refractivity contribution >= 4 is 241 Å². The zero-order valence-electron chi connectivity index (χ0n) is 27.2. The van der Waals surface area contributed by atoms with Crippen LogP contribution in [0.25, 0.3) is 0 Å². The first-order valence-electron chi connectivity index (χ1n) is 15.4. The van der Waals surface area contributed by atoms with E-state index >= 15 is 0 Å². The lowest BCUT2D eigenvalue weighted by atomic mass is 8.29. The van der Waals surface area contributed by atoms with Gasteiger partial charge in [-0.05, 0) is 0 Å². The first-order chi connectivity index (χ1) is 15.4. The summed E-state index contributed by atoms with van der Waals surface area (Å²) in [4.78, 5) is 0. The van der Waals surface area contributed by atoms with Crippen molar-refractivity contribution in [3.63, 3.8) is 0 Å². The van der Waals surface area contributed by atoms with Gasteiger partial charge in [0.15, 0.2) is 0 Å². The molecule has 0 bridgehead atoms. The van der Waals surface area contributed by atoms with Crippen LogP contribution in [0.4, 0.5) is 0 Å². The van der Waals surface area contributed by atoms with Crippen LogP contribution < -0.4 is 0 Å². The van der Waals surface area contributed by atoms with Crippen LogP contribution in [0, 0.1) is 0 Å². The van der Waals surface area contributed by atoms with Crippen LogP contribution in [-0.4, -0.2) is 241 Å². The third-order valence-corrected chi connectivity index (χ3v) is 9.59. The molecule has 0 unspecified atom stereocenters. The minimum absolute atomic E-state index is 0.710. The molecule has 0 spiro atoms. The molecule has 0 aliphatic rings. The van der Waals surface area contributed by atoms with Crippen LogP contribution in [0.5, 0.6) is 0 Å². The molecule has 0 heterocycles. The summed E-state index contributed by atoms with van der Waals surface area (Å²) in [6.45, 7) is 0. The van der Waals surface area contributed by atoms with Crippen LogP contribution in [0.2, 0.25) is 0 Å². The first-order valence-corrected chi connectivity index (χ1v) is 15.4. The summed E-state index contributed by atoms with van der Waals surface area (Å²) in [5.74, 6) is 0. The van der Waals surface area contributed by atoms with Gasteiger partial charge in [-0.25, -0.2) is 0 Å². The fourth-order valence-corrected chi connectivity index (χ4v) is 9.32. The molecule has 0 aromatic heterocycles. The number of hydrogen-bond donors (Lipinski definition) is 0. The fraction of sp³-hybridized carbons (Fsp3) is 0. The van der Waals surface area contributed by atoms with E-state index in [0.29, 0.717) is 19.2 Å². The summed E-state index contributed by atoms with van der Waals surface area (Å²) in [5.41, 5.74) is 0. The molecule has 0 fully saturated rings. The second-order valence-electron chi connectivity index (χ2n) is 15.2. The van der Waals surface area contributed by atoms with E-state index in [1.807, 2.05) is 0 Å². The topological polar surface area (TPSA) is 0 Å². The Labute approximate surface area is 240 Å². The number of rotatable bonds is 15. The maximum atomic E-state index is 2.56. The number of hydrogen-bond acceptors (Lipinski definition) is 0. The normalized spacial score (nSPS) is 9.53. The maximum Gasteiger partial charge on any atom is 0.0552 e. The van der Waals surface area contributed by atoms with E-state index in [2.05, 4.69) is 139 Å². The third-order valence-electron chi connectivity index (χ3n) is 9.59. The summed E-state index contributed by atoms with van der Waals surface area (Å²) in [5, 5.41) is 0. The standard InChI is InChI=1S/B34H36/c1-19(2)28(20(3)4)32(27(17)18)34(31(25(13)14)26(15)16)33(29(21(5)6)22(7)8)30(23(9)10)24(11)12/h1-18H2. The van der Waals surface area contributed by atoms with E-state index in [4.69, 9.17) is 0 Å². The van der Waals surface area contributed by atoms with Crippen LogP contribution in [0.3, 0.4) is 0 Å². The molecule has 0 saturated carbocycles. The Balaban J connectivity index is 7.58. The van der Waals surface area contributed by atoms with Crippen molar-refractivity contribution in [2.45, 2.75) is 0 Å². The summed E-state index contributed by atoms with van der Waals surface area (Å²) < 4.78 is 0. The molecule has 0 saturated heterocycles. The first kappa shape index (κ1) is 36.2. The minimum Gasteiger partial charge on any atom is 0.000171 e. The highest BCUT2D eigenvalue weighted by molar-refractivity contribution is 8.29. The largest absolute Gasteiger partial charge is 0.0552 e. The van der Waals surface area contributed by atoms with Gasteiger partial charge < -0.3 is 0 Å². The Kier molecular flexibility index (Phi) is 17.4. The van der Waals surface area contributed by atoms with Crippen molar-refractivity contribution in [3.05, 3.63) is 0 Å². The van der Waals surface area contributed by atoms with Crippen molar-refractivity contribution < 1.29 is 0 Å². The van der Waals surface area contributed by atoms with Crippen molar-refractivity contribution in [3.8, 4) is 0 Å². The summed E-state index contributed by atoms with van der Waals surface area (Å²) in [6, 6.07) is 0. The highest BCUT2D eigenvalue weighted by atomic mass is 13.4. The zero-order chi connectivity index (χ0) is 27.2. The second-order valence-corrected chi connectivity index (χ2v) is 15.2. The Hall–Kier alpha value is 2.21. The van der Waals surface area contributed by atoms with Crippen molar-refractivity contribution in [2.75, 3.05) is 0 Å². The van der Waals surface area contributed by atoms with Crippen molar-refractivity contribution in [2.24, 2.45) is 0 Å². The van der Waals surface area contributed by atoms with Crippen molar-refractivity contribution in [1.29, 1.82) is 0 Å². The molecule has 138 valence electrons. The van der Waals surface area contributed by atoms with Gasteiger partial charge in [0, 0.05) is 102 Å². The molecule has 0 rings (SSSR count). The Morgan fingerprint density at radius 2 is 0.265 bits per heavy atom. The monoisotopic (exact) mass is 411 g/mol. The summed E-state index contributed by atoms with van der Waals surface area (Å²) in [7, 11) is 45.5. The van der Waals surface area contributed by atoms with Gasteiger partial charge in [0.2, 0.25) is 0 Å². The van der Waals surface area contributed by atoms with E-state index in [1.54, 1.807) is 0 Å². The van der Waals surface area contributed by atoms with Crippen LogP contribution in [-0.2, 0) is 0 Å². The predicted octanol–water partition coefficient (Wildman–Crippen LogP) is -22.6. The van der Waals surface area contributed by atoms with Crippen LogP contribution in [0.15, 0.2) is 0 Å². The average molecular weight is 404 g/mol. The highest BCUT2D eigenvalue weighted by Crippen LogP contribution is 2.16. The van der Waals surface area contributed by atoms with Crippen LogP contribution >= 0.6 is 0 Å². The predicted molar refractivity (Wildman–Crippen MR) is 246 cm³/mol. The molecular formula is H36B34. The Bertz CT molecular complexity index is 466. The minimum atomic E-state index is 0.710. The van der Waals surface area contributed by atoms with Gasteiger partial charge in [0.25, 0.3) is 0 Å². The Morgan fingerprint density at radius 1 is 0.147 bits per heavy atom. The maximum absolute atomic E-state index is 2.56. The van der Waals surface area contributed by atoms with Gasteiger partial charge in [-0.1, -0.05) is 0 Å². The van der Waals surface area contributed by atoms with Gasteiger partial charge in [-0.2, -0.15) is 0 Å². The molecule has 0 aliphatic carbocycles. The molecule has 0 nitrogen and oxygen atoms in total. The molecule has 0 aromatic carbocycles. The van der Waals surface area contributed by atoms with E-state index in [0.717, 1.165) is 83.0 Å². The van der Waals surface area contributed by atoms with Gasteiger partial charge >= 0.3 is 0 Å². The van der Waals surface area contributed by atoms with E-state index in [9.17, 15) is 0 Å². The molecule has 0 atom stereocenters. The van der Waals surface area contributed by atoms with Crippen LogP contribution in [0.1, 0.15) is 0 Å². The molecule has 0 amide bonds. The van der Waals surface area contributed by atoms with E-state index in [1.165, 1.54) is 0 Å². The summed E-state index contributed by atoms with van der Waals surface area (Å²) >= 11 is 0. The smallest absolute Gasteiger partial charge is 0.000171 e. The molecule has 0 aliphatic heterocycles. The van der Waals surface area contributed by atoms with E-state index in [-0.39, 0.29) is 0 Å². The van der Waals surface area contributed by atoms with Gasteiger partial charge in [-0.15, -0.1) is 0 Å². The van der Waals surface area contributed by atoms with E-state index < -0.39 is 0 Å². The second kappa shape index (κ2) is 16.3. The SMILES string of the molecule is BB(B)B(B(B)B)B(B(B)B)B(B(B(B)B)B(B)B)B(B(B(B)B)B(B)B)B(B(B)B)B(B)B. The molecular weight excluding hydrogens is 368 g/mol. The molecule has 0 aromatic rings. The van der Waals surface area contributed by atoms with Gasteiger partial charge in [0.05, 0.1) is 139 Å². The Morgan fingerprint density at radius 3 is 0.412 bits per heavy atom. The highest BCUT2D eigenvalue weighted by Gasteiger charge is 2.55. The molecule has 34 heavy (non-hydrogen) atoms. The molecule has 34 heteroatoms. The molecule has 0 N–H and O–H groups in total. The quantitative estimate of drug-likeness (QED) is 0.238. The lowest BCUT2D eigenvalue weighted by molar-refractivity contribution is 3.24. The third kappa shape index (κ3) is 9.75. The lowest BCUT2D eigenvalue weighted by Gasteiger charge is -2.51. The van der Waals surface area contributed by atoms with Gasteiger partial charge in [-0.3, -0.25) is 0 Å². The van der Waals surface area contributed by atoms with Gasteiger partial charge in [0.1, 0.15) is 0 Å². The molecule has 0 radical (unpaired) electrons. The van der Waals surface area contributed by atoms with Crippen molar-refractivity contribution in [1.82, 2.24) is 0 Å².